The Morgan fingerprint density at radius 2 is 2.19 bits per heavy atom. The summed E-state index contributed by atoms with van der Waals surface area (Å²) >= 11 is 0. The Balaban J connectivity index is 2.07. The molecule has 5 heteroatoms. The van der Waals surface area contributed by atoms with Gasteiger partial charge in [0.1, 0.15) is 0 Å². The van der Waals surface area contributed by atoms with Gasteiger partial charge in [-0.25, -0.2) is 4.98 Å². The second-order valence-corrected chi connectivity index (χ2v) is 3.68. The zero-order valence-electron chi connectivity index (χ0n) is 9.18. The lowest BCUT2D eigenvalue weighted by Gasteiger charge is -2.12. The number of nitrogens with one attached hydrogen (secondary N) is 1. The van der Waals surface area contributed by atoms with Crippen LogP contribution < -0.4 is 5.32 Å². The molecule has 2 rings (SSSR count). The molecule has 2 heterocycles. The molecule has 0 saturated carbocycles. The van der Waals surface area contributed by atoms with E-state index in [0.29, 0.717) is 0 Å². The van der Waals surface area contributed by atoms with Crippen LogP contribution in [0.25, 0.3) is 0 Å². The lowest BCUT2D eigenvalue weighted by atomic mass is 10.2. The highest BCUT2D eigenvalue weighted by Crippen LogP contribution is 2.17. The van der Waals surface area contributed by atoms with Crippen molar-refractivity contribution in [3.63, 3.8) is 0 Å². The van der Waals surface area contributed by atoms with Crippen LogP contribution in [-0.4, -0.2) is 14.8 Å². The molecule has 0 fully saturated rings. The first kappa shape index (κ1) is 10.6. The van der Waals surface area contributed by atoms with Crippen LogP contribution in [0.1, 0.15) is 18.5 Å². The fourth-order valence-electron chi connectivity index (χ4n) is 1.46. The van der Waals surface area contributed by atoms with Crippen molar-refractivity contribution in [3.05, 3.63) is 42.2 Å². The van der Waals surface area contributed by atoms with E-state index in [1.165, 1.54) is 12.3 Å². The normalized spacial score (nSPS) is 12.4. The van der Waals surface area contributed by atoms with Crippen LogP contribution >= 0.6 is 0 Å². The maximum absolute atomic E-state index is 12.6. The monoisotopic (exact) mass is 220 g/mol. The standard InChI is InChI=1S/C11H13FN4/c1-8(9-5-14-16(2)7-9)15-10-3-4-11(12)13-6-10/h3-8,15H,1-2H3. The van der Waals surface area contributed by atoms with E-state index in [-0.39, 0.29) is 6.04 Å². The Kier molecular flexibility index (Phi) is 2.85. The van der Waals surface area contributed by atoms with Crippen molar-refractivity contribution in [1.29, 1.82) is 0 Å². The van der Waals surface area contributed by atoms with Gasteiger partial charge in [0.25, 0.3) is 0 Å². The highest BCUT2D eigenvalue weighted by Gasteiger charge is 2.07. The number of halogens is 1. The summed E-state index contributed by atoms with van der Waals surface area (Å²) in [5.41, 5.74) is 1.87. The van der Waals surface area contributed by atoms with Gasteiger partial charge >= 0.3 is 0 Å². The zero-order chi connectivity index (χ0) is 11.5. The summed E-state index contributed by atoms with van der Waals surface area (Å²) in [5, 5.41) is 7.31. The molecule has 0 amide bonds. The topological polar surface area (TPSA) is 42.7 Å². The Morgan fingerprint density at radius 1 is 1.38 bits per heavy atom. The minimum atomic E-state index is -0.473. The van der Waals surface area contributed by atoms with Crippen LogP contribution in [0.2, 0.25) is 0 Å². The van der Waals surface area contributed by atoms with Gasteiger partial charge in [0, 0.05) is 18.8 Å². The lowest BCUT2D eigenvalue weighted by molar-refractivity contribution is 0.584. The van der Waals surface area contributed by atoms with Gasteiger partial charge in [-0.15, -0.1) is 0 Å². The fourth-order valence-corrected chi connectivity index (χ4v) is 1.46. The number of anilines is 1. The van der Waals surface area contributed by atoms with Gasteiger partial charge in [-0.2, -0.15) is 9.49 Å². The number of aromatic nitrogens is 3. The number of hydrogen-bond donors (Lipinski definition) is 1. The van der Waals surface area contributed by atoms with Gasteiger partial charge < -0.3 is 5.32 Å². The minimum Gasteiger partial charge on any atom is -0.377 e. The molecule has 2 aromatic rings. The van der Waals surface area contributed by atoms with E-state index in [9.17, 15) is 4.39 Å². The molecule has 4 nitrogen and oxygen atoms in total. The molecule has 84 valence electrons. The molecule has 0 radical (unpaired) electrons. The molecule has 1 unspecified atom stereocenters. The molecule has 0 bridgehead atoms. The predicted molar refractivity (Wildman–Crippen MR) is 59.4 cm³/mol. The van der Waals surface area contributed by atoms with E-state index < -0.39 is 5.95 Å². The third kappa shape index (κ3) is 2.36. The maximum atomic E-state index is 12.6. The molecule has 0 aliphatic rings. The van der Waals surface area contributed by atoms with Crippen molar-refractivity contribution in [2.24, 2.45) is 7.05 Å². The number of aryl methyl sites for hydroxylation is 1. The van der Waals surface area contributed by atoms with E-state index in [0.717, 1.165) is 11.3 Å². The molecule has 1 N–H and O–H groups in total. The highest BCUT2D eigenvalue weighted by atomic mass is 19.1. The first-order valence-corrected chi connectivity index (χ1v) is 5.02. The second kappa shape index (κ2) is 4.30. The molecule has 2 aromatic heterocycles. The summed E-state index contributed by atoms with van der Waals surface area (Å²) in [6.07, 6.45) is 5.21. The molecule has 16 heavy (non-hydrogen) atoms. The van der Waals surface area contributed by atoms with E-state index in [2.05, 4.69) is 15.4 Å². The van der Waals surface area contributed by atoms with Crippen molar-refractivity contribution in [2.75, 3.05) is 5.32 Å². The third-order valence-corrected chi connectivity index (χ3v) is 2.34. The van der Waals surface area contributed by atoms with Crippen LogP contribution in [0.3, 0.4) is 0 Å². The van der Waals surface area contributed by atoms with Gasteiger partial charge in [-0.1, -0.05) is 0 Å². The van der Waals surface area contributed by atoms with E-state index in [1.54, 1.807) is 16.9 Å². The molecular formula is C11H13FN4. The van der Waals surface area contributed by atoms with Crippen molar-refractivity contribution >= 4 is 5.69 Å². The first-order valence-electron chi connectivity index (χ1n) is 5.02. The average molecular weight is 220 g/mol. The summed E-state index contributed by atoms with van der Waals surface area (Å²) in [4.78, 5) is 3.58. The predicted octanol–water partition coefficient (Wildman–Crippen LogP) is 2.13. The molecule has 0 aromatic carbocycles. The van der Waals surface area contributed by atoms with Crippen molar-refractivity contribution < 1.29 is 4.39 Å². The lowest BCUT2D eigenvalue weighted by Crippen LogP contribution is -2.06. The molecule has 0 saturated heterocycles. The summed E-state index contributed by atoms with van der Waals surface area (Å²) in [5.74, 6) is -0.473. The second-order valence-electron chi connectivity index (χ2n) is 3.68. The average Bonchev–Trinajstić information content (AvgIpc) is 2.68. The van der Waals surface area contributed by atoms with Gasteiger partial charge in [0.15, 0.2) is 0 Å². The van der Waals surface area contributed by atoms with E-state index in [4.69, 9.17) is 0 Å². The van der Waals surface area contributed by atoms with Crippen LogP contribution in [0.4, 0.5) is 10.1 Å². The number of hydrogen-bond acceptors (Lipinski definition) is 3. The molecule has 0 aliphatic heterocycles. The molecular weight excluding hydrogens is 207 g/mol. The Hall–Kier alpha value is -1.91. The van der Waals surface area contributed by atoms with E-state index in [1.807, 2.05) is 20.2 Å². The number of pyridine rings is 1. The summed E-state index contributed by atoms with van der Waals surface area (Å²) in [6, 6.07) is 3.11. The highest BCUT2D eigenvalue weighted by molar-refractivity contribution is 5.42. The van der Waals surface area contributed by atoms with Gasteiger partial charge in [0.2, 0.25) is 5.95 Å². The smallest absolute Gasteiger partial charge is 0.212 e. The SMILES string of the molecule is CC(Nc1ccc(F)nc1)c1cnn(C)c1. The Morgan fingerprint density at radius 3 is 2.75 bits per heavy atom. The van der Waals surface area contributed by atoms with Gasteiger partial charge in [-0.3, -0.25) is 4.68 Å². The van der Waals surface area contributed by atoms with Crippen molar-refractivity contribution in [1.82, 2.24) is 14.8 Å². The largest absolute Gasteiger partial charge is 0.377 e. The Bertz CT molecular complexity index is 463. The Labute approximate surface area is 93.1 Å². The number of nitrogens with zero attached hydrogens (tertiary/aromatic N) is 3. The van der Waals surface area contributed by atoms with Gasteiger partial charge in [0.05, 0.1) is 24.1 Å². The summed E-state index contributed by atoms with van der Waals surface area (Å²) in [7, 11) is 1.87. The molecule has 1 atom stereocenters. The van der Waals surface area contributed by atoms with Crippen LogP contribution in [0.5, 0.6) is 0 Å². The summed E-state index contributed by atoms with van der Waals surface area (Å²) < 4.78 is 14.3. The minimum absolute atomic E-state index is 0.112. The molecule has 0 aliphatic carbocycles. The van der Waals surface area contributed by atoms with Crippen LogP contribution in [0.15, 0.2) is 30.7 Å². The van der Waals surface area contributed by atoms with Crippen molar-refractivity contribution in [2.45, 2.75) is 13.0 Å². The zero-order valence-corrected chi connectivity index (χ0v) is 9.18. The van der Waals surface area contributed by atoms with Crippen molar-refractivity contribution in [3.8, 4) is 0 Å². The maximum Gasteiger partial charge on any atom is 0.212 e. The molecule has 0 spiro atoms. The van der Waals surface area contributed by atoms with E-state index >= 15 is 0 Å². The third-order valence-electron chi connectivity index (χ3n) is 2.34. The fraction of sp³-hybridized carbons (Fsp3) is 0.273. The summed E-state index contributed by atoms with van der Waals surface area (Å²) in [6.45, 7) is 2.01. The number of rotatable bonds is 3. The van der Waals surface area contributed by atoms with Gasteiger partial charge in [-0.05, 0) is 19.1 Å². The van der Waals surface area contributed by atoms with Crippen LogP contribution in [0, 0.1) is 5.95 Å². The first-order chi connectivity index (χ1) is 7.65. The van der Waals surface area contributed by atoms with Crippen LogP contribution in [-0.2, 0) is 7.05 Å². The quantitative estimate of drug-likeness (QED) is 0.806.